The van der Waals surface area contributed by atoms with E-state index in [1.807, 2.05) is 6.07 Å². The number of halogens is 1. The Labute approximate surface area is 106 Å². The molecule has 0 spiro atoms. The van der Waals surface area contributed by atoms with Gasteiger partial charge in [0.2, 0.25) is 0 Å². The van der Waals surface area contributed by atoms with Crippen molar-refractivity contribution in [1.82, 2.24) is 9.88 Å². The van der Waals surface area contributed by atoms with Gasteiger partial charge in [-0.2, -0.15) is 0 Å². The summed E-state index contributed by atoms with van der Waals surface area (Å²) in [6.07, 6.45) is 4.16. The van der Waals surface area contributed by atoms with Crippen LogP contribution in [0.2, 0.25) is 5.02 Å². The van der Waals surface area contributed by atoms with Crippen molar-refractivity contribution < 1.29 is 0 Å². The molecular formula is C12H17ClN4. The van der Waals surface area contributed by atoms with E-state index in [-0.39, 0.29) is 0 Å². The van der Waals surface area contributed by atoms with Gasteiger partial charge in [-0.15, -0.1) is 0 Å². The maximum Gasteiger partial charge on any atom is 0.131 e. The third-order valence-corrected chi connectivity index (χ3v) is 4.12. The van der Waals surface area contributed by atoms with Gasteiger partial charge in [0.25, 0.3) is 0 Å². The van der Waals surface area contributed by atoms with Gasteiger partial charge in [0.1, 0.15) is 5.82 Å². The lowest BCUT2D eigenvalue weighted by atomic mass is 10.2. The highest BCUT2D eigenvalue weighted by Crippen LogP contribution is 2.34. The predicted octanol–water partition coefficient (Wildman–Crippen LogP) is 1.60. The van der Waals surface area contributed by atoms with Gasteiger partial charge in [-0.1, -0.05) is 11.6 Å². The van der Waals surface area contributed by atoms with Crippen molar-refractivity contribution in [3.05, 3.63) is 17.3 Å². The molecule has 0 radical (unpaired) electrons. The highest BCUT2D eigenvalue weighted by atomic mass is 35.5. The number of rotatable bonds is 1. The first-order valence-corrected chi connectivity index (χ1v) is 6.41. The maximum atomic E-state index is 5.92. The molecule has 3 rings (SSSR count). The summed E-state index contributed by atoms with van der Waals surface area (Å²) in [5.74, 6) is 0.979. The first-order valence-electron chi connectivity index (χ1n) is 6.03. The Morgan fingerprint density at radius 1 is 1.35 bits per heavy atom. The Morgan fingerprint density at radius 3 is 2.59 bits per heavy atom. The second kappa shape index (κ2) is 4.03. The summed E-state index contributed by atoms with van der Waals surface area (Å²) in [7, 11) is 2.19. The van der Waals surface area contributed by atoms with Crippen LogP contribution in [-0.4, -0.2) is 42.1 Å². The quantitative estimate of drug-likeness (QED) is 0.825. The van der Waals surface area contributed by atoms with Gasteiger partial charge < -0.3 is 15.5 Å². The number of aromatic nitrogens is 1. The third kappa shape index (κ3) is 1.85. The van der Waals surface area contributed by atoms with Crippen LogP contribution in [0.3, 0.4) is 0 Å². The molecule has 1 aromatic heterocycles. The van der Waals surface area contributed by atoms with Gasteiger partial charge in [-0.25, -0.2) is 4.98 Å². The first kappa shape index (κ1) is 11.1. The number of piperazine rings is 1. The normalized spacial score (nSPS) is 28.7. The molecule has 1 aromatic rings. The molecule has 2 saturated heterocycles. The monoisotopic (exact) mass is 252 g/mol. The van der Waals surface area contributed by atoms with Crippen LogP contribution < -0.4 is 10.6 Å². The number of likely N-dealkylation sites (N-methyl/N-ethyl adjacent to an activating group) is 1. The van der Waals surface area contributed by atoms with Crippen molar-refractivity contribution in [2.75, 3.05) is 30.8 Å². The van der Waals surface area contributed by atoms with Crippen LogP contribution in [0.25, 0.3) is 0 Å². The number of fused-ring (bicyclic) bond motifs is 2. The van der Waals surface area contributed by atoms with Crippen LogP contribution >= 0.6 is 11.6 Å². The van der Waals surface area contributed by atoms with Crippen molar-refractivity contribution in [2.24, 2.45) is 0 Å². The summed E-state index contributed by atoms with van der Waals surface area (Å²) in [6.45, 7) is 2.22. The number of nitrogens with two attached hydrogens (primary N) is 1. The third-order valence-electron chi connectivity index (χ3n) is 3.80. The van der Waals surface area contributed by atoms with Crippen LogP contribution in [0, 0.1) is 0 Å². The zero-order valence-electron chi connectivity index (χ0n) is 9.93. The smallest absolute Gasteiger partial charge is 0.131 e. The van der Waals surface area contributed by atoms with Gasteiger partial charge in [0.15, 0.2) is 0 Å². The van der Waals surface area contributed by atoms with Crippen molar-refractivity contribution in [3.63, 3.8) is 0 Å². The molecule has 0 aromatic carbocycles. The molecule has 2 N–H and O–H groups in total. The predicted molar refractivity (Wildman–Crippen MR) is 70.4 cm³/mol. The lowest BCUT2D eigenvalue weighted by Crippen LogP contribution is -2.52. The van der Waals surface area contributed by atoms with Crippen LogP contribution in [0.1, 0.15) is 12.8 Å². The van der Waals surface area contributed by atoms with Crippen molar-refractivity contribution in [1.29, 1.82) is 0 Å². The summed E-state index contributed by atoms with van der Waals surface area (Å²) < 4.78 is 0. The van der Waals surface area contributed by atoms with Crippen molar-refractivity contribution in [2.45, 2.75) is 24.9 Å². The average Bonchev–Trinajstić information content (AvgIpc) is 2.55. The molecule has 4 nitrogen and oxygen atoms in total. The van der Waals surface area contributed by atoms with Gasteiger partial charge in [-0.05, 0) is 19.9 Å². The van der Waals surface area contributed by atoms with Gasteiger partial charge in [0, 0.05) is 37.4 Å². The zero-order valence-corrected chi connectivity index (χ0v) is 10.7. The molecule has 0 aliphatic carbocycles. The lowest BCUT2D eigenvalue weighted by Gasteiger charge is -2.40. The van der Waals surface area contributed by atoms with Gasteiger partial charge >= 0.3 is 0 Å². The van der Waals surface area contributed by atoms with Gasteiger partial charge in [-0.3, -0.25) is 0 Å². The van der Waals surface area contributed by atoms with Gasteiger partial charge in [0.05, 0.1) is 10.7 Å². The lowest BCUT2D eigenvalue weighted by molar-refractivity contribution is 0.264. The van der Waals surface area contributed by atoms with Crippen molar-refractivity contribution >= 4 is 23.1 Å². The second-order valence-corrected chi connectivity index (χ2v) is 5.48. The summed E-state index contributed by atoms with van der Waals surface area (Å²) in [6, 6.07) is 3.05. The van der Waals surface area contributed by atoms with E-state index in [4.69, 9.17) is 17.3 Å². The SMILES string of the molecule is CN1CC2CC[C@@H](C1)N2c1cc(N)c(Cl)cn1. The van der Waals surface area contributed by atoms with E-state index < -0.39 is 0 Å². The van der Waals surface area contributed by atoms with Crippen LogP contribution in [0.5, 0.6) is 0 Å². The molecule has 2 atom stereocenters. The van der Waals surface area contributed by atoms with E-state index in [0.717, 1.165) is 18.9 Å². The number of pyridine rings is 1. The van der Waals surface area contributed by atoms with E-state index >= 15 is 0 Å². The molecular weight excluding hydrogens is 236 g/mol. The molecule has 2 aliphatic rings. The number of likely N-dealkylation sites (tertiary alicyclic amines) is 1. The second-order valence-electron chi connectivity index (χ2n) is 5.08. The molecule has 5 heteroatoms. The standard InChI is InChI=1S/C12H17ClN4/c1-16-6-8-2-3-9(7-16)17(8)12-4-11(14)10(13)5-15-12/h4-5,8-9H,2-3,6-7H2,1H3,(H2,14,15)/t8-,9?/m0/s1. The van der Waals surface area contributed by atoms with E-state index in [0.29, 0.717) is 22.8 Å². The molecule has 92 valence electrons. The Hall–Kier alpha value is -1.00. The molecule has 1 unspecified atom stereocenters. The van der Waals surface area contributed by atoms with Crippen LogP contribution in [0.15, 0.2) is 12.3 Å². The number of hydrogen-bond donors (Lipinski definition) is 1. The van der Waals surface area contributed by atoms with E-state index in [1.165, 1.54) is 12.8 Å². The average molecular weight is 253 g/mol. The van der Waals surface area contributed by atoms with E-state index in [1.54, 1.807) is 6.20 Å². The highest BCUT2D eigenvalue weighted by Gasteiger charge is 2.39. The highest BCUT2D eigenvalue weighted by molar-refractivity contribution is 6.32. The molecule has 2 aliphatic heterocycles. The molecule has 3 heterocycles. The Kier molecular flexibility index (Phi) is 2.64. The molecule has 17 heavy (non-hydrogen) atoms. The largest absolute Gasteiger partial charge is 0.397 e. The van der Waals surface area contributed by atoms with Crippen LogP contribution in [-0.2, 0) is 0 Å². The number of nitrogens with zero attached hydrogens (tertiary/aromatic N) is 3. The molecule has 2 bridgehead atoms. The number of hydrogen-bond acceptors (Lipinski definition) is 4. The van der Waals surface area contributed by atoms with Crippen LogP contribution in [0.4, 0.5) is 11.5 Å². The molecule has 0 amide bonds. The minimum Gasteiger partial charge on any atom is -0.397 e. The fourth-order valence-corrected chi connectivity index (χ4v) is 3.17. The number of anilines is 2. The first-order chi connectivity index (χ1) is 8.15. The fraction of sp³-hybridized carbons (Fsp3) is 0.583. The topological polar surface area (TPSA) is 45.4 Å². The van der Waals surface area contributed by atoms with E-state index in [2.05, 4.69) is 21.8 Å². The summed E-state index contributed by atoms with van der Waals surface area (Å²) >= 11 is 5.92. The summed E-state index contributed by atoms with van der Waals surface area (Å²) in [5.41, 5.74) is 6.48. The molecule has 2 fully saturated rings. The summed E-state index contributed by atoms with van der Waals surface area (Å²) in [4.78, 5) is 9.25. The maximum absolute atomic E-state index is 5.92. The minimum atomic E-state index is 0.537. The Bertz CT molecular complexity index is 423. The Morgan fingerprint density at radius 2 is 2.00 bits per heavy atom. The number of nitrogen functional groups attached to an aromatic ring is 1. The summed E-state index contributed by atoms with van der Waals surface area (Å²) in [5, 5.41) is 0.537. The minimum absolute atomic E-state index is 0.537. The fourth-order valence-electron chi connectivity index (χ4n) is 3.07. The zero-order chi connectivity index (χ0) is 12.0. The van der Waals surface area contributed by atoms with Crippen molar-refractivity contribution in [3.8, 4) is 0 Å². The molecule has 0 saturated carbocycles. The Balaban J connectivity index is 1.92. The van der Waals surface area contributed by atoms with E-state index in [9.17, 15) is 0 Å².